The fraction of sp³-hybridized carbons (Fsp3) is 0.219. The zero-order valence-corrected chi connectivity index (χ0v) is 25.8. The Morgan fingerprint density at radius 1 is 1.07 bits per heavy atom. The Bertz CT molecular complexity index is 1940. The van der Waals surface area contributed by atoms with E-state index in [4.69, 9.17) is 42.1 Å². The number of hydrogen-bond acceptors (Lipinski definition) is 8. The maximum absolute atomic E-state index is 13.9. The summed E-state index contributed by atoms with van der Waals surface area (Å²) in [5.41, 5.74) is 3.87. The highest BCUT2D eigenvalue weighted by molar-refractivity contribution is 7.07. The number of thiazole rings is 1. The minimum absolute atomic E-state index is 0.190. The first-order chi connectivity index (χ1) is 20.7. The molecule has 43 heavy (non-hydrogen) atoms. The first-order valence-corrected chi connectivity index (χ1v) is 15.1. The summed E-state index contributed by atoms with van der Waals surface area (Å²) < 4.78 is 24.0. The number of carbonyl (C=O) groups is 1. The van der Waals surface area contributed by atoms with Crippen LogP contribution in [0.25, 0.3) is 6.08 Å². The van der Waals surface area contributed by atoms with E-state index in [2.05, 4.69) is 4.99 Å². The molecule has 1 aromatic heterocycles. The average Bonchev–Trinajstić information content (AvgIpc) is 3.56. The summed E-state index contributed by atoms with van der Waals surface area (Å²) in [6.07, 6.45) is 1.71. The monoisotopic (exact) mass is 636 g/mol. The first kappa shape index (κ1) is 29.0. The van der Waals surface area contributed by atoms with Crippen molar-refractivity contribution < 1.29 is 23.7 Å². The van der Waals surface area contributed by atoms with Crippen molar-refractivity contribution >= 4 is 46.6 Å². The minimum Gasteiger partial charge on any atom is -0.486 e. The van der Waals surface area contributed by atoms with E-state index in [1.54, 1.807) is 36.6 Å². The molecule has 2 aliphatic heterocycles. The average molecular weight is 638 g/mol. The number of esters is 1. The summed E-state index contributed by atoms with van der Waals surface area (Å²) in [5.74, 6) is 1.17. The molecule has 3 aromatic carbocycles. The Morgan fingerprint density at radius 3 is 2.51 bits per heavy atom. The molecule has 0 spiro atoms. The van der Waals surface area contributed by atoms with Gasteiger partial charge in [0, 0.05) is 0 Å². The molecule has 8 nitrogen and oxygen atoms in total. The normalized spacial score (nSPS) is 15.7. The second kappa shape index (κ2) is 11.9. The molecule has 0 aliphatic carbocycles. The van der Waals surface area contributed by atoms with Crippen LogP contribution in [0.3, 0.4) is 0 Å². The molecule has 11 heteroatoms. The Morgan fingerprint density at radius 2 is 1.79 bits per heavy atom. The number of ether oxygens (including phenoxy) is 4. The Labute approximate surface area is 261 Å². The molecule has 0 fully saturated rings. The Balaban J connectivity index is 1.35. The van der Waals surface area contributed by atoms with Gasteiger partial charge in [0.1, 0.15) is 6.61 Å². The van der Waals surface area contributed by atoms with Gasteiger partial charge in [-0.15, -0.1) is 0 Å². The van der Waals surface area contributed by atoms with Crippen molar-refractivity contribution in [2.45, 2.75) is 33.4 Å². The molecule has 0 radical (unpaired) electrons. The van der Waals surface area contributed by atoms with Crippen LogP contribution in [0.5, 0.6) is 17.2 Å². The van der Waals surface area contributed by atoms with Crippen LogP contribution in [0.1, 0.15) is 42.1 Å². The molecule has 1 atom stereocenters. The molecule has 0 amide bonds. The molecule has 220 valence electrons. The van der Waals surface area contributed by atoms with E-state index in [0.29, 0.717) is 53.5 Å². The van der Waals surface area contributed by atoms with Crippen molar-refractivity contribution in [3.8, 4) is 17.2 Å². The van der Waals surface area contributed by atoms with Crippen LogP contribution in [0.15, 0.2) is 75.7 Å². The number of hydrogen-bond donors (Lipinski definition) is 0. The fourth-order valence-corrected chi connectivity index (χ4v) is 6.65. The summed E-state index contributed by atoms with van der Waals surface area (Å²) in [6.45, 7) is 6.09. The maximum Gasteiger partial charge on any atom is 0.338 e. The lowest BCUT2D eigenvalue weighted by atomic mass is 9.95. The number of allylic oxidation sites excluding steroid dienone is 1. The van der Waals surface area contributed by atoms with E-state index in [9.17, 15) is 9.59 Å². The van der Waals surface area contributed by atoms with E-state index in [0.717, 1.165) is 16.7 Å². The Kier molecular flexibility index (Phi) is 8.05. The molecule has 0 unspecified atom stereocenters. The SMILES string of the molecule is CCOC(=O)C1=C(C)N=c2s/c(=C/c3cc(Cl)c(OCc4ccc5c(c4)OCO5)c(Cl)c3)c(=O)n2[C@@H]1c1ccc(C)cc1. The second-order valence-electron chi connectivity index (χ2n) is 10.0. The number of nitrogens with zero attached hydrogens (tertiary/aromatic N) is 2. The highest BCUT2D eigenvalue weighted by atomic mass is 35.5. The molecule has 0 N–H and O–H groups in total. The van der Waals surface area contributed by atoms with Gasteiger partial charge in [-0.2, -0.15) is 0 Å². The van der Waals surface area contributed by atoms with Gasteiger partial charge >= 0.3 is 5.97 Å². The second-order valence-corrected chi connectivity index (χ2v) is 11.8. The summed E-state index contributed by atoms with van der Waals surface area (Å²) in [6, 6.07) is 16.0. The van der Waals surface area contributed by atoms with Gasteiger partial charge in [0.15, 0.2) is 22.0 Å². The van der Waals surface area contributed by atoms with Crippen LogP contribution in [0, 0.1) is 6.92 Å². The minimum atomic E-state index is -0.683. The molecular weight excluding hydrogens is 611 g/mol. The third kappa shape index (κ3) is 5.68. The van der Waals surface area contributed by atoms with Gasteiger partial charge < -0.3 is 18.9 Å². The van der Waals surface area contributed by atoms with Crippen molar-refractivity contribution in [2.24, 2.45) is 4.99 Å². The largest absolute Gasteiger partial charge is 0.486 e. The van der Waals surface area contributed by atoms with Gasteiger partial charge in [-0.1, -0.05) is 70.4 Å². The van der Waals surface area contributed by atoms with Crippen LogP contribution in [0.2, 0.25) is 10.0 Å². The van der Waals surface area contributed by atoms with E-state index < -0.39 is 12.0 Å². The van der Waals surface area contributed by atoms with Crippen molar-refractivity contribution in [2.75, 3.05) is 13.4 Å². The number of aryl methyl sites for hydroxylation is 1. The predicted molar refractivity (Wildman–Crippen MR) is 165 cm³/mol. The molecule has 0 bridgehead atoms. The van der Waals surface area contributed by atoms with Crippen molar-refractivity contribution in [3.05, 3.63) is 118 Å². The van der Waals surface area contributed by atoms with Crippen molar-refractivity contribution in [1.82, 2.24) is 4.57 Å². The van der Waals surface area contributed by atoms with Crippen LogP contribution in [-0.2, 0) is 16.1 Å². The molecule has 6 rings (SSSR count). The van der Waals surface area contributed by atoms with Gasteiger partial charge in [0.05, 0.1) is 38.5 Å². The third-order valence-corrected chi connectivity index (χ3v) is 8.59. The highest BCUT2D eigenvalue weighted by Gasteiger charge is 2.33. The summed E-state index contributed by atoms with van der Waals surface area (Å²) >= 11 is 14.4. The van der Waals surface area contributed by atoms with Gasteiger partial charge in [0.25, 0.3) is 5.56 Å². The lowest BCUT2D eigenvalue weighted by molar-refractivity contribution is -0.139. The Hall–Kier alpha value is -4.05. The zero-order valence-electron chi connectivity index (χ0n) is 23.5. The predicted octanol–water partition coefficient (Wildman–Crippen LogP) is 5.72. The number of aromatic nitrogens is 1. The summed E-state index contributed by atoms with van der Waals surface area (Å²) in [7, 11) is 0. The quantitative estimate of drug-likeness (QED) is 0.241. The fourth-order valence-electron chi connectivity index (χ4n) is 4.99. The van der Waals surface area contributed by atoms with Crippen molar-refractivity contribution in [1.29, 1.82) is 0 Å². The van der Waals surface area contributed by atoms with E-state index >= 15 is 0 Å². The van der Waals surface area contributed by atoms with Gasteiger partial charge in [-0.05, 0) is 67.8 Å². The number of carbonyl (C=O) groups excluding carboxylic acids is 1. The van der Waals surface area contributed by atoms with Crippen LogP contribution in [-0.4, -0.2) is 23.9 Å². The van der Waals surface area contributed by atoms with E-state index in [-0.39, 0.29) is 25.6 Å². The number of rotatable bonds is 7. The smallest absolute Gasteiger partial charge is 0.338 e. The van der Waals surface area contributed by atoms with Crippen LogP contribution < -0.4 is 29.1 Å². The van der Waals surface area contributed by atoms with Crippen LogP contribution >= 0.6 is 34.5 Å². The molecule has 4 aromatic rings. The first-order valence-electron chi connectivity index (χ1n) is 13.5. The van der Waals surface area contributed by atoms with E-state index in [1.807, 2.05) is 49.4 Å². The highest BCUT2D eigenvalue weighted by Crippen LogP contribution is 2.37. The third-order valence-electron chi connectivity index (χ3n) is 7.05. The van der Waals surface area contributed by atoms with Crippen LogP contribution in [0.4, 0.5) is 0 Å². The van der Waals surface area contributed by atoms with Gasteiger partial charge in [0.2, 0.25) is 6.79 Å². The standard InChI is InChI=1S/C32H26Cl2N2O6S/c1-4-39-31(38)27-18(3)35-32-36(28(27)21-8-5-17(2)6-9-21)30(37)26(43-32)14-20-11-22(33)29(23(34)12-20)40-15-19-7-10-24-25(13-19)42-16-41-24/h5-14,28H,4,15-16H2,1-3H3/b26-14+/t28-/m1/s1. The number of fused-ring (bicyclic) bond motifs is 2. The van der Waals surface area contributed by atoms with E-state index in [1.165, 1.54) is 11.3 Å². The number of halogens is 2. The topological polar surface area (TPSA) is 88.4 Å². The molecule has 3 heterocycles. The summed E-state index contributed by atoms with van der Waals surface area (Å²) in [5, 5.41) is 0.593. The lowest BCUT2D eigenvalue weighted by Gasteiger charge is -2.24. The van der Waals surface area contributed by atoms with Gasteiger partial charge in [-0.25, -0.2) is 9.79 Å². The molecule has 0 saturated heterocycles. The maximum atomic E-state index is 13.9. The molecule has 2 aliphatic rings. The lowest BCUT2D eigenvalue weighted by Crippen LogP contribution is -2.39. The molecule has 0 saturated carbocycles. The van der Waals surface area contributed by atoms with Gasteiger partial charge in [-0.3, -0.25) is 9.36 Å². The summed E-state index contributed by atoms with van der Waals surface area (Å²) in [4.78, 5) is 32.0. The number of benzene rings is 3. The molecular formula is C32H26Cl2N2O6S. The zero-order chi connectivity index (χ0) is 30.2. The van der Waals surface area contributed by atoms with Crippen molar-refractivity contribution in [3.63, 3.8) is 0 Å².